The van der Waals surface area contributed by atoms with Gasteiger partial charge in [0.05, 0.1) is 17.5 Å². The summed E-state index contributed by atoms with van der Waals surface area (Å²) in [6.07, 6.45) is 1.78. The van der Waals surface area contributed by atoms with Gasteiger partial charge in [-0.1, -0.05) is 42.5 Å². The number of benzene rings is 2. The zero-order valence-electron chi connectivity index (χ0n) is 17.0. The molecule has 4 aromatic rings. The van der Waals surface area contributed by atoms with E-state index in [0.717, 1.165) is 16.5 Å². The van der Waals surface area contributed by atoms with Gasteiger partial charge < -0.3 is 5.32 Å². The lowest BCUT2D eigenvalue weighted by molar-refractivity contribution is -0.119. The largest absolute Gasteiger partial charge is 0.349 e. The highest BCUT2D eigenvalue weighted by Crippen LogP contribution is 2.20. The number of amides is 1. The van der Waals surface area contributed by atoms with Crippen molar-refractivity contribution in [3.63, 3.8) is 0 Å². The number of pyridine rings is 1. The Morgan fingerprint density at radius 2 is 1.90 bits per heavy atom. The maximum absolute atomic E-state index is 12.4. The smallest absolute Gasteiger partial charge is 0.258 e. The van der Waals surface area contributed by atoms with Crippen molar-refractivity contribution in [3.05, 3.63) is 94.0 Å². The topological polar surface area (TPSA) is 63.5 Å². The van der Waals surface area contributed by atoms with Crippen LogP contribution in [-0.2, 0) is 10.5 Å². The Bertz CT molecular complexity index is 1280. The highest BCUT2D eigenvalue weighted by Gasteiger charge is 2.11. The molecule has 0 saturated carbocycles. The Morgan fingerprint density at radius 3 is 2.73 bits per heavy atom. The molecule has 4 rings (SSSR count). The van der Waals surface area contributed by atoms with Crippen molar-refractivity contribution < 1.29 is 4.79 Å². The van der Waals surface area contributed by atoms with E-state index >= 15 is 0 Å². The van der Waals surface area contributed by atoms with Crippen molar-refractivity contribution in [2.75, 3.05) is 5.75 Å². The van der Waals surface area contributed by atoms with Gasteiger partial charge in [-0.25, -0.2) is 4.98 Å². The molecule has 0 bridgehead atoms. The summed E-state index contributed by atoms with van der Waals surface area (Å²) in [7, 11) is 0. The number of aromatic nitrogens is 2. The molecule has 2 heterocycles. The van der Waals surface area contributed by atoms with E-state index in [1.54, 1.807) is 10.6 Å². The normalized spacial score (nSPS) is 12.2. The van der Waals surface area contributed by atoms with Crippen LogP contribution < -0.4 is 10.9 Å². The van der Waals surface area contributed by atoms with Crippen LogP contribution in [0.2, 0.25) is 0 Å². The van der Waals surface area contributed by atoms with Crippen molar-refractivity contribution in [3.8, 4) is 0 Å². The van der Waals surface area contributed by atoms with E-state index in [0.29, 0.717) is 22.8 Å². The van der Waals surface area contributed by atoms with E-state index in [4.69, 9.17) is 0 Å². The van der Waals surface area contributed by atoms with E-state index in [2.05, 4.69) is 40.6 Å². The van der Waals surface area contributed by atoms with Crippen LogP contribution in [0.15, 0.2) is 71.7 Å². The highest BCUT2D eigenvalue weighted by molar-refractivity contribution is 7.99. The summed E-state index contributed by atoms with van der Waals surface area (Å²) in [6, 6.07) is 19.7. The fraction of sp³-hybridized carbons (Fsp3) is 0.208. The van der Waals surface area contributed by atoms with Gasteiger partial charge in [-0.15, -0.1) is 11.8 Å². The van der Waals surface area contributed by atoms with E-state index in [1.165, 1.54) is 23.2 Å². The van der Waals surface area contributed by atoms with Crippen molar-refractivity contribution in [2.45, 2.75) is 25.6 Å². The van der Waals surface area contributed by atoms with Crippen LogP contribution in [0.25, 0.3) is 16.4 Å². The molecule has 0 aliphatic heterocycles. The minimum Gasteiger partial charge on any atom is -0.349 e. The van der Waals surface area contributed by atoms with Gasteiger partial charge in [-0.3, -0.25) is 14.0 Å². The number of carbonyl (C=O) groups excluding carboxylic acids is 1. The quantitative estimate of drug-likeness (QED) is 0.509. The first kappa shape index (κ1) is 20.2. The molecule has 0 spiro atoms. The molecule has 0 aliphatic carbocycles. The third kappa shape index (κ3) is 4.54. The zero-order chi connectivity index (χ0) is 21.1. The summed E-state index contributed by atoms with van der Waals surface area (Å²) in [5.74, 6) is 0.790. The maximum atomic E-state index is 12.4. The molecular formula is C24H23N3O2S. The molecule has 2 aromatic carbocycles. The number of carbonyl (C=O) groups is 1. The summed E-state index contributed by atoms with van der Waals surface area (Å²) >= 11 is 1.45. The Balaban J connectivity index is 1.35. The average molecular weight is 418 g/mol. The first-order valence-electron chi connectivity index (χ1n) is 9.84. The number of hydrogen-bond acceptors (Lipinski definition) is 4. The fourth-order valence-electron chi connectivity index (χ4n) is 3.42. The van der Waals surface area contributed by atoms with Crippen LogP contribution >= 0.6 is 11.8 Å². The lowest BCUT2D eigenvalue weighted by atomic mass is 10.0. The molecule has 2 aromatic heterocycles. The molecule has 5 nitrogen and oxygen atoms in total. The number of hydrogen-bond donors (Lipinski definition) is 1. The van der Waals surface area contributed by atoms with E-state index in [-0.39, 0.29) is 17.5 Å². The molecular weight excluding hydrogens is 394 g/mol. The second-order valence-electron chi connectivity index (χ2n) is 7.41. The Labute approximate surface area is 179 Å². The lowest BCUT2D eigenvalue weighted by Crippen LogP contribution is -2.28. The third-order valence-corrected chi connectivity index (χ3v) is 5.96. The monoisotopic (exact) mass is 417 g/mol. The molecule has 1 atom stereocenters. The Kier molecular flexibility index (Phi) is 5.86. The van der Waals surface area contributed by atoms with Crippen LogP contribution in [0.3, 0.4) is 0 Å². The summed E-state index contributed by atoms with van der Waals surface area (Å²) in [4.78, 5) is 29.2. The molecule has 6 heteroatoms. The standard InChI is InChI=1S/C24H23N3O2S/c1-16-7-10-22-26-21(12-24(29)27(22)13-16)14-30-15-23(28)25-17(2)19-9-8-18-5-3-4-6-20(18)11-19/h3-13,17H,14-15H2,1-2H3,(H,25,28)/t17-/m1/s1. The van der Waals surface area contributed by atoms with Gasteiger partial charge in [0, 0.05) is 18.0 Å². The molecule has 30 heavy (non-hydrogen) atoms. The van der Waals surface area contributed by atoms with Gasteiger partial charge in [0.25, 0.3) is 5.56 Å². The van der Waals surface area contributed by atoms with Gasteiger partial charge in [0.2, 0.25) is 5.91 Å². The maximum Gasteiger partial charge on any atom is 0.258 e. The number of nitrogens with one attached hydrogen (secondary N) is 1. The number of aryl methyl sites for hydroxylation is 1. The van der Waals surface area contributed by atoms with Crippen molar-refractivity contribution in [2.24, 2.45) is 0 Å². The minimum atomic E-state index is -0.103. The highest BCUT2D eigenvalue weighted by atomic mass is 32.2. The molecule has 152 valence electrons. The van der Waals surface area contributed by atoms with Gasteiger partial charge in [-0.2, -0.15) is 0 Å². The molecule has 0 saturated heterocycles. The van der Waals surface area contributed by atoms with E-state index in [1.807, 2.05) is 38.1 Å². The molecule has 0 aliphatic rings. The van der Waals surface area contributed by atoms with Crippen LogP contribution in [0, 0.1) is 6.92 Å². The van der Waals surface area contributed by atoms with Crippen molar-refractivity contribution in [1.29, 1.82) is 0 Å². The molecule has 0 radical (unpaired) electrons. The predicted octanol–water partition coefficient (Wildman–Crippen LogP) is 4.27. The zero-order valence-corrected chi connectivity index (χ0v) is 17.8. The first-order valence-corrected chi connectivity index (χ1v) is 11.0. The van der Waals surface area contributed by atoms with Crippen LogP contribution in [0.1, 0.15) is 29.8 Å². The van der Waals surface area contributed by atoms with E-state index < -0.39 is 0 Å². The second kappa shape index (κ2) is 8.71. The summed E-state index contributed by atoms with van der Waals surface area (Å²) in [5.41, 5.74) is 3.29. The van der Waals surface area contributed by atoms with Crippen molar-refractivity contribution in [1.82, 2.24) is 14.7 Å². The number of nitrogens with zero attached hydrogens (tertiary/aromatic N) is 2. The SMILES string of the molecule is Cc1ccc2nc(CSCC(=O)N[C@H](C)c3ccc4ccccc4c3)cc(=O)n2c1. The fourth-order valence-corrected chi connectivity index (χ4v) is 4.15. The molecule has 0 fully saturated rings. The lowest BCUT2D eigenvalue weighted by Gasteiger charge is -2.15. The van der Waals surface area contributed by atoms with E-state index in [9.17, 15) is 9.59 Å². The van der Waals surface area contributed by atoms with Crippen LogP contribution in [0.5, 0.6) is 0 Å². The Hall–Kier alpha value is -3.12. The third-order valence-electron chi connectivity index (χ3n) is 4.99. The summed E-state index contributed by atoms with van der Waals surface area (Å²) in [6.45, 7) is 3.92. The Morgan fingerprint density at radius 1 is 1.10 bits per heavy atom. The molecule has 0 unspecified atom stereocenters. The van der Waals surface area contributed by atoms with Gasteiger partial charge in [0.15, 0.2) is 0 Å². The van der Waals surface area contributed by atoms with Crippen LogP contribution in [-0.4, -0.2) is 21.0 Å². The average Bonchev–Trinajstić information content (AvgIpc) is 2.74. The number of thioether (sulfide) groups is 1. The minimum absolute atomic E-state index is 0.0335. The van der Waals surface area contributed by atoms with Crippen LogP contribution in [0.4, 0.5) is 0 Å². The summed E-state index contributed by atoms with van der Waals surface area (Å²) < 4.78 is 1.54. The molecule has 1 amide bonds. The summed E-state index contributed by atoms with van der Waals surface area (Å²) in [5, 5.41) is 5.39. The van der Waals surface area contributed by atoms with Gasteiger partial charge >= 0.3 is 0 Å². The number of rotatable bonds is 6. The number of fused-ring (bicyclic) bond motifs is 2. The first-order chi connectivity index (χ1) is 14.5. The van der Waals surface area contributed by atoms with Gasteiger partial charge in [-0.05, 0) is 47.9 Å². The van der Waals surface area contributed by atoms with Crippen molar-refractivity contribution >= 4 is 34.1 Å². The predicted molar refractivity (Wildman–Crippen MR) is 123 cm³/mol. The second-order valence-corrected chi connectivity index (χ2v) is 8.39. The molecule has 1 N–H and O–H groups in total. The van der Waals surface area contributed by atoms with Gasteiger partial charge in [0.1, 0.15) is 5.65 Å².